The number of rotatable bonds is 0. The molecule has 3 unspecified atom stereocenters. The first kappa shape index (κ1) is 18.1. The van der Waals surface area contributed by atoms with Gasteiger partial charge in [-0.3, -0.25) is 0 Å². The molecule has 0 aromatic carbocycles. The molecule has 0 aromatic heterocycles. The fraction of sp³-hybridized carbons (Fsp3) is 0.455. The van der Waals surface area contributed by atoms with E-state index in [0.717, 1.165) is 5.25 Å². The van der Waals surface area contributed by atoms with Crippen LogP contribution < -0.4 is 11.5 Å². The van der Waals surface area contributed by atoms with Crippen LogP contribution in [0, 0.1) is 0 Å². The monoisotopic (exact) mass is 820 g/mol. The average molecular weight is 811 g/mol. The Hall–Kier alpha value is 3.70. The third-order valence-electron chi connectivity index (χ3n) is 2.81. The van der Waals surface area contributed by atoms with Gasteiger partial charge in [-0.15, -0.1) is 0 Å². The molecule has 4 heterocycles. The Bertz CT molecular complexity index is 567. The predicted molar refractivity (Wildman–Crippen MR) is 105 cm³/mol. The Morgan fingerprint density at radius 1 is 0.810 bits per heavy atom. The van der Waals surface area contributed by atoms with Crippen molar-refractivity contribution in [1.29, 1.82) is 0 Å². The van der Waals surface area contributed by atoms with Crippen LogP contribution in [0.4, 0.5) is 0 Å². The van der Waals surface area contributed by atoms with Gasteiger partial charge >= 0.3 is 186 Å². The van der Waals surface area contributed by atoms with Crippen LogP contribution in [0.2, 0.25) is 0 Å². The molecule has 21 heavy (non-hydrogen) atoms. The van der Waals surface area contributed by atoms with Crippen LogP contribution in [0.3, 0.4) is 0 Å². The Balaban J connectivity index is 1.51. The predicted octanol–water partition coefficient (Wildman–Crippen LogP) is 1.13. The molecule has 0 bridgehead atoms. The van der Waals surface area contributed by atoms with Crippen LogP contribution in [0.1, 0.15) is 6.92 Å². The molecule has 0 saturated carbocycles. The minimum atomic E-state index is -0.0411. The summed E-state index contributed by atoms with van der Waals surface area (Å²) in [6, 6.07) is 0. The van der Waals surface area contributed by atoms with Gasteiger partial charge in [-0.1, -0.05) is 0 Å². The van der Waals surface area contributed by atoms with Crippen LogP contribution in [-0.2, 0) is 0 Å². The van der Waals surface area contributed by atoms with Crippen molar-refractivity contribution in [2.24, 2.45) is 11.5 Å². The van der Waals surface area contributed by atoms with E-state index >= 15 is 0 Å². The van der Waals surface area contributed by atoms with Crippen molar-refractivity contribution in [3.05, 3.63) is 15.2 Å². The van der Waals surface area contributed by atoms with Gasteiger partial charge in [0.25, 0.3) is 0 Å². The number of hydrogen-bond acceptors (Lipinski definition) is 6. The van der Waals surface area contributed by atoms with E-state index in [0.29, 0.717) is 0 Å². The molecule has 114 valence electrons. The van der Waals surface area contributed by atoms with Crippen LogP contribution in [-0.4, -0.2) is 105 Å². The maximum absolute atomic E-state index is 6.15. The summed E-state index contributed by atoms with van der Waals surface area (Å²) in [5, 5.41) is 1.11. The third kappa shape index (κ3) is 4.02. The molecular formula is C11H12N2S4Te4. The van der Waals surface area contributed by atoms with Crippen LogP contribution >= 0.6 is 47.0 Å². The molecule has 4 rings (SSSR count). The van der Waals surface area contributed by atoms with Crippen molar-refractivity contribution in [3.63, 3.8) is 0 Å². The van der Waals surface area contributed by atoms with E-state index in [4.69, 9.17) is 11.5 Å². The first-order valence-electron chi connectivity index (χ1n) is 6.18. The molecule has 0 fully saturated rings. The fourth-order valence-electron chi connectivity index (χ4n) is 1.81. The van der Waals surface area contributed by atoms with Crippen molar-refractivity contribution in [3.8, 4) is 0 Å². The van der Waals surface area contributed by atoms with Crippen LogP contribution in [0.15, 0.2) is 15.2 Å². The molecule has 0 spiro atoms. The molecule has 0 aromatic rings. The average Bonchev–Trinajstić information content (AvgIpc) is 3.02. The number of hydrogen-bond donors (Lipinski definition) is 2. The van der Waals surface area contributed by atoms with Crippen LogP contribution in [0.5, 0.6) is 0 Å². The summed E-state index contributed by atoms with van der Waals surface area (Å²) in [6.07, 6.45) is 0. The van der Waals surface area contributed by atoms with Gasteiger partial charge in [0.1, 0.15) is 0 Å². The van der Waals surface area contributed by atoms with Crippen molar-refractivity contribution >= 4 is 131 Å². The van der Waals surface area contributed by atoms with Gasteiger partial charge in [-0.2, -0.15) is 0 Å². The van der Waals surface area contributed by atoms with Gasteiger partial charge < -0.3 is 0 Å². The van der Waals surface area contributed by atoms with E-state index in [2.05, 4.69) is 32.1 Å². The topological polar surface area (TPSA) is 52.0 Å². The molecular weight excluding hydrogens is 799 g/mol. The zero-order valence-corrected chi connectivity index (χ0v) is 23.4. The standard InChI is InChI=1S/C11H12N2S4Te4/c1-3-2-14-6-7(15-3)19-10(18-6)11-20-8-9(21-11)17-5(13)4(12)16-8/h3-5H,2,12-13H2,1H3. The molecule has 3 atom stereocenters. The molecule has 2 nitrogen and oxygen atoms in total. The van der Waals surface area contributed by atoms with Crippen LogP contribution in [0.25, 0.3) is 0 Å². The van der Waals surface area contributed by atoms with Gasteiger partial charge in [-0.25, -0.2) is 0 Å². The SMILES string of the molecule is CC1CSC2=C(S1)[Te]C(=C1[Te]C3=C(SC(N)C(N)S3)[Te]1)[Te]2. The second kappa shape index (κ2) is 7.75. The second-order valence-electron chi connectivity index (χ2n) is 4.54. The van der Waals surface area contributed by atoms with Crippen molar-refractivity contribution in [1.82, 2.24) is 0 Å². The molecule has 0 amide bonds. The zero-order chi connectivity index (χ0) is 14.6. The van der Waals surface area contributed by atoms with Crippen molar-refractivity contribution in [2.75, 3.05) is 5.75 Å². The van der Waals surface area contributed by atoms with E-state index in [1.165, 1.54) is 5.75 Å². The van der Waals surface area contributed by atoms with E-state index in [-0.39, 0.29) is 94.4 Å². The first-order valence-corrected chi connectivity index (χ1v) is 19.1. The van der Waals surface area contributed by atoms with Gasteiger partial charge in [0, 0.05) is 0 Å². The Kier molecular flexibility index (Phi) is 6.67. The summed E-state index contributed by atoms with van der Waals surface area (Å²) in [6.45, 7) is 2.40. The Morgan fingerprint density at radius 3 is 1.86 bits per heavy atom. The molecule has 4 aliphatic rings. The normalized spacial score (nSPS) is 36.4. The summed E-state index contributed by atoms with van der Waals surface area (Å²) < 4.78 is 11.3. The molecule has 0 radical (unpaired) electrons. The summed E-state index contributed by atoms with van der Waals surface area (Å²) >= 11 is 8.30. The van der Waals surface area contributed by atoms with E-state index < -0.39 is 0 Å². The van der Waals surface area contributed by atoms with Gasteiger partial charge in [0.15, 0.2) is 0 Å². The first-order chi connectivity index (χ1) is 10.1. The summed E-state index contributed by atoms with van der Waals surface area (Å²) in [5.74, 6) is 1.35. The molecule has 4 N–H and O–H groups in total. The zero-order valence-electron chi connectivity index (χ0n) is 10.9. The Morgan fingerprint density at radius 2 is 1.29 bits per heavy atom. The van der Waals surface area contributed by atoms with Gasteiger partial charge in [0.05, 0.1) is 0 Å². The van der Waals surface area contributed by atoms with E-state index in [1.54, 1.807) is 5.91 Å². The maximum atomic E-state index is 6.15. The minimum absolute atomic E-state index is 0.0411. The molecule has 0 aliphatic carbocycles. The number of nitrogens with two attached hydrogens (primary N) is 2. The molecule has 0 saturated heterocycles. The summed E-state index contributed by atoms with van der Waals surface area (Å²) in [7, 11) is 0. The van der Waals surface area contributed by atoms with Gasteiger partial charge in [-0.05, 0) is 0 Å². The number of thioether (sulfide) groups is 4. The van der Waals surface area contributed by atoms with Crippen molar-refractivity contribution < 1.29 is 0 Å². The fourth-order valence-corrected chi connectivity index (χ4v) is 42.1. The Labute approximate surface area is 182 Å². The quantitative estimate of drug-likeness (QED) is 0.359. The van der Waals surface area contributed by atoms with Crippen molar-refractivity contribution in [2.45, 2.75) is 22.9 Å². The molecule has 10 heteroatoms. The molecule has 4 aliphatic heterocycles. The van der Waals surface area contributed by atoms with Gasteiger partial charge in [0.2, 0.25) is 0 Å². The summed E-state index contributed by atoms with van der Waals surface area (Å²) in [5.41, 5.74) is 12.3. The van der Waals surface area contributed by atoms with E-state index in [1.807, 2.05) is 31.1 Å². The third-order valence-corrected chi connectivity index (χ3v) is 37.6. The summed E-state index contributed by atoms with van der Waals surface area (Å²) in [4.78, 5) is 0. The van der Waals surface area contributed by atoms with E-state index in [9.17, 15) is 0 Å². The second-order valence-corrected chi connectivity index (χ2v) is 29.3.